The summed E-state index contributed by atoms with van der Waals surface area (Å²) < 4.78 is 7.52. The lowest BCUT2D eigenvalue weighted by Crippen LogP contribution is -2.48. The lowest BCUT2D eigenvalue weighted by molar-refractivity contribution is -0.134. The predicted octanol–water partition coefficient (Wildman–Crippen LogP) is 0.531. The molecule has 6 nitrogen and oxygen atoms in total. The first-order valence-corrected chi connectivity index (χ1v) is 7.34. The number of hydrogen-bond acceptors (Lipinski definition) is 4. The number of rotatable bonds is 5. The number of para-hydroxylation sites is 2. The van der Waals surface area contributed by atoms with Crippen molar-refractivity contribution in [2.75, 3.05) is 26.2 Å². The average molecular weight is 288 g/mol. The number of fused-ring (bicyclic) bond motifs is 1. The van der Waals surface area contributed by atoms with Gasteiger partial charge in [-0.05, 0) is 18.6 Å². The highest BCUT2D eigenvalue weighted by molar-refractivity contribution is 5.81. The molecular weight excluding hydrogens is 268 g/mol. The highest BCUT2D eigenvalue weighted by Gasteiger charge is 2.20. The molecule has 2 N–H and O–H groups in total. The minimum Gasteiger partial charge on any atom is -0.366 e. The van der Waals surface area contributed by atoms with Gasteiger partial charge in [-0.25, -0.2) is 4.98 Å². The maximum absolute atomic E-state index is 11.9. The van der Waals surface area contributed by atoms with Gasteiger partial charge in [0.05, 0.1) is 24.0 Å². The van der Waals surface area contributed by atoms with Crippen LogP contribution in [0, 0.1) is 0 Å². The zero-order valence-corrected chi connectivity index (χ0v) is 11.9. The fraction of sp³-hybridized carbons (Fsp3) is 0.467. The number of nitrogens with one attached hydrogen (secondary N) is 2. The van der Waals surface area contributed by atoms with Gasteiger partial charge in [0.2, 0.25) is 5.91 Å². The number of aryl methyl sites for hydroxylation is 1. The number of ether oxygens (including phenoxy) is 1. The second-order valence-electron chi connectivity index (χ2n) is 5.13. The molecule has 1 fully saturated rings. The Morgan fingerprint density at radius 2 is 2.38 bits per heavy atom. The first kappa shape index (κ1) is 14.0. The Morgan fingerprint density at radius 3 is 3.24 bits per heavy atom. The maximum Gasteiger partial charge on any atom is 0.250 e. The van der Waals surface area contributed by atoms with E-state index in [2.05, 4.69) is 26.3 Å². The highest BCUT2D eigenvalue weighted by atomic mass is 16.5. The van der Waals surface area contributed by atoms with E-state index in [1.807, 2.05) is 24.5 Å². The van der Waals surface area contributed by atoms with Gasteiger partial charge in [0.1, 0.15) is 6.10 Å². The first-order valence-electron chi connectivity index (χ1n) is 7.34. The Hall–Kier alpha value is -1.92. The second-order valence-corrected chi connectivity index (χ2v) is 5.13. The molecule has 1 unspecified atom stereocenters. The van der Waals surface area contributed by atoms with Crippen LogP contribution in [0.3, 0.4) is 0 Å². The van der Waals surface area contributed by atoms with Crippen LogP contribution in [0.25, 0.3) is 11.0 Å². The topological polar surface area (TPSA) is 68.2 Å². The van der Waals surface area contributed by atoms with Crippen LogP contribution in [0.4, 0.5) is 0 Å². The number of amides is 1. The van der Waals surface area contributed by atoms with Crippen molar-refractivity contribution in [1.29, 1.82) is 0 Å². The number of carbonyl (C=O) groups excluding carboxylic acids is 1. The van der Waals surface area contributed by atoms with Gasteiger partial charge in [0.25, 0.3) is 0 Å². The Bertz CT molecular complexity index is 604. The molecule has 1 aliphatic heterocycles. The standard InChI is InChI=1S/C15H20N4O2/c20-15(14-10-16-7-9-21-14)17-6-3-8-19-11-18-12-4-1-2-5-13(12)19/h1-2,4-5,11,14,16H,3,6-10H2,(H,17,20). The van der Waals surface area contributed by atoms with Gasteiger partial charge < -0.3 is 19.9 Å². The zero-order chi connectivity index (χ0) is 14.5. The molecular formula is C15H20N4O2. The van der Waals surface area contributed by atoms with E-state index in [4.69, 9.17) is 4.74 Å². The normalized spacial score (nSPS) is 18.8. The largest absolute Gasteiger partial charge is 0.366 e. The quantitative estimate of drug-likeness (QED) is 0.788. The summed E-state index contributed by atoms with van der Waals surface area (Å²) in [4.78, 5) is 16.2. The van der Waals surface area contributed by atoms with Crippen LogP contribution in [0.2, 0.25) is 0 Å². The van der Waals surface area contributed by atoms with Crippen LogP contribution in [0.1, 0.15) is 6.42 Å². The number of hydrogen-bond donors (Lipinski definition) is 2. The van der Waals surface area contributed by atoms with Crippen molar-refractivity contribution in [2.24, 2.45) is 0 Å². The van der Waals surface area contributed by atoms with E-state index in [-0.39, 0.29) is 12.0 Å². The van der Waals surface area contributed by atoms with Crippen molar-refractivity contribution in [3.8, 4) is 0 Å². The van der Waals surface area contributed by atoms with Gasteiger partial charge in [-0.15, -0.1) is 0 Å². The molecule has 1 aromatic heterocycles. The van der Waals surface area contributed by atoms with Gasteiger partial charge in [-0.3, -0.25) is 4.79 Å². The van der Waals surface area contributed by atoms with Gasteiger partial charge in [0.15, 0.2) is 0 Å². The summed E-state index contributed by atoms with van der Waals surface area (Å²) in [6.07, 6.45) is 2.36. The van der Waals surface area contributed by atoms with Gasteiger partial charge in [-0.1, -0.05) is 12.1 Å². The molecule has 1 amide bonds. The van der Waals surface area contributed by atoms with Gasteiger partial charge in [0, 0.05) is 26.2 Å². The molecule has 0 spiro atoms. The molecule has 6 heteroatoms. The summed E-state index contributed by atoms with van der Waals surface area (Å²) in [5.41, 5.74) is 2.13. The fourth-order valence-corrected chi connectivity index (χ4v) is 2.50. The highest BCUT2D eigenvalue weighted by Crippen LogP contribution is 2.11. The fourth-order valence-electron chi connectivity index (χ4n) is 2.50. The van der Waals surface area contributed by atoms with Crippen molar-refractivity contribution < 1.29 is 9.53 Å². The number of benzene rings is 1. The van der Waals surface area contributed by atoms with Gasteiger partial charge >= 0.3 is 0 Å². The molecule has 21 heavy (non-hydrogen) atoms. The van der Waals surface area contributed by atoms with Crippen LogP contribution in [0.15, 0.2) is 30.6 Å². The lowest BCUT2D eigenvalue weighted by Gasteiger charge is -2.22. The van der Waals surface area contributed by atoms with Crippen molar-refractivity contribution >= 4 is 16.9 Å². The summed E-state index contributed by atoms with van der Waals surface area (Å²) in [7, 11) is 0. The molecule has 112 valence electrons. The number of nitrogens with zero attached hydrogens (tertiary/aromatic N) is 2. The van der Waals surface area contributed by atoms with E-state index in [1.54, 1.807) is 0 Å². The zero-order valence-electron chi connectivity index (χ0n) is 11.9. The van der Waals surface area contributed by atoms with Crippen molar-refractivity contribution in [3.05, 3.63) is 30.6 Å². The SMILES string of the molecule is O=C(NCCCn1cnc2ccccc21)C1CNCCO1. The van der Waals surface area contributed by atoms with E-state index in [0.29, 0.717) is 19.7 Å². The summed E-state index contributed by atoms with van der Waals surface area (Å²) >= 11 is 0. The molecule has 0 saturated carbocycles. The monoisotopic (exact) mass is 288 g/mol. The summed E-state index contributed by atoms with van der Waals surface area (Å²) in [6, 6.07) is 8.05. The summed E-state index contributed by atoms with van der Waals surface area (Å²) in [5, 5.41) is 6.08. The molecule has 3 rings (SSSR count). The molecule has 1 aliphatic rings. The van der Waals surface area contributed by atoms with Crippen LogP contribution in [-0.2, 0) is 16.1 Å². The second kappa shape index (κ2) is 6.69. The Balaban J connectivity index is 1.44. The third kappa shape index (κ3) is 3.40. The summed E-state index contributed by atoms with van der Waals surface area (Å²) in [5.74, 6) is -0.0299. The van der Waals surface area contributed by atoms with Crippen molar-refractivity contribution in [2.45, 2.75) is 19.1 Å². The summed E-state index contributed by atoms with van der Waals surface area (Å²) in [6.45, 7) is 3.49. The minimum atomic E-state index is -0.354. The first-order chi connectivity index (χ1) is 10.3. The lowest BCUT2D eigenvalue weighted by atomic mass is 10.3. The van der Waals surface area contributed by atoms with E-state index >= 15 is 0 Å². The number of imidazole rings is 1. The van der Waals surface area contributed by atoms with E-state index in [0.717, 1.165) is 30.5 Å². The third-order valence-electron chi connectivity index (χ3n) is 3.62. The Kier molecular flexibility index (Phi) is 4.47. The van der Waals surface area contributed by atoms with Crippen molar-refractivity contribution in [3.63, 3.8) is 0 Å². The number of carbonyl (C=O) groups is 1. The van der Waals surface area contributed by atoms with E-state index < -0.39 is 0 Å². The van der Waals surface area contributed by atoms with E-state index in [1.165, 1.54) is 0 Å². The number of morpholine rings is 1. The molecule has 0 radical (unpaired) electrons. The Morgan fingerprint density at radius 1 is 1.48 bits per heavy atom. The van der Waals surface area contributed by atoms with Crippen molar-refractivity contribution in [1.82, 2.24) is 20.2 Å². The van der Waals surface area contributed by atoms with E-state index in [9.17, 15) is 4.79 Å². The predicted molar refractivity (Wildman–Crippen MR) is 80.0 cm³/mol. The van der Waals surface area contributed by atoms with Crippen LogP contribution in [-0.4, -0.2) is 47.8 Å². The van der Waals surface area contributed by atoms with Crippen LogP contribution in [0.5, 0.6) is 0 Å². The minimum absolute atomic E-state index is 0.0299. The van der Waals surface area contributed by atoms with Crippen LogP contribution < -0.4 is 10.6 Å². The molecule has 1 saturated heterocycles. The molecule has 0 aliphatic carbocycles. The van der Waals surface area contributed by atoms with Crippen LogP contribution >= 0.6 is 0 Å². The number of aromatic nitrogens is 2. The molecule has 2 aromatic rings. The smallest absolute Gasteiger partial charge is 0.250 e. The Labute approximate surface area is 123 Å². The molecule has 0 bridgehead atoms. The molecule has 1 atom stereocenters. The average Bonchev–Trinajstić information content (AvgIpc) is 2.95. The molecule has 1 aromatic carbocycles. The molecule has 2 heterocycles. The third-order valence-corrected chi connectivity index (χ3v) is 3.62. The maximum atomic E-state index is 11.9. The van der Waals surface area contributed by atoms with Gasteiger partial charge in [-0.2, -0.15) is 0 Å².